The first kappa shape index (κ1) is 26.1. The zero-order valence-corrected chi connectivity index (χ0v) is 21.7. The largest absolute Gasteiger partial charge is 0.507 e. The third-order valence-electron chi connectivity index (χ3n) is 6.63. The van der Waals surface area contributed by atoms with Gasteiger partial charge in [0, 0.05) is 19.2 Å². The van der Waals surface area contributed by atoms with E-state index in [-0.39, 0.29) is 24.5 Å². The van der Waals surface area contributed by atoms with Gasteiger partial charge < -0.3 is 33.7 Å². The predicted molar refractivity (Wildman–Crippen MR) is 142 cm³/mol. The summed E-state index contributed by atoms with van der Waals surface area (Å²) in [5.41, 5.74) is 1.88. The summed E-state index contributed by atoms with van der Waals surface area (Å²) in [7, 11) is 3.04. The van der Waals surface area contributed by atoms with Gasteiger partial charge >= 0.3 is 0 Å². The molecule has 0 bridgehead atoms. The number of ether oxygens (including phenoxy) is 5. The van der Waals surface area contributed by atoms with Crippen molar-refractivity contribution in [3.8, 4) is 23.0 Å². The monoisotopic (exact) mass is 531 g/mol. The van der Waals surface area contributed by atoms with E-state index in [4.69, 9.17) is 23.7 Å². The molecule has 0 radical (unpaired) electrons. The van der Waals surface area contributed by atoms with Crippen molar-refractivity contribution in [1.29, 1.82) is 0 Å². The Balaban J connectivity index is 1.54. The van der Waals surface area contributed by atoms with Crippen LogP contribution in [0.15, 0.2) is 72.3 Å². The van der Waals surface area contributed by atoms with Gasteiger partial charge in [0.25, 0.3) is 11.7 Å². The smallest absolute Gasteiger partial charge is 0.295 e. The number of amides is 1. The van der Waals surface area contributed by atoms with Crippen LogP contribution >= 0.6 is 0 Å². The lowest BCUT2D eigenvalue weighted by Gasteiger charge is -2.26. The number of carbonyl (C=O) groups is 2. The van der Waals surface area contributed by atoms with Crippen LogP contribution in [0.2, 0.25) is 0 Å². The van der Waals surface area contributed by atoms with Gasteiger partial charge in [-0.25, -0.2) is 0 Å². The first-order chi connectivity index (χ1) is 19.0. The summed E-state index contributed by atoms with van der Waals surface area (Å²) >= 11 is 0. The molecule has 2 heterocycles. The SMILES string of the molecule is COCCN1C(=O)C(=O)C(=C(O)c2ccc3c(c2)OCCO3)C1c1ccc(OCc2ccccc2)c(OC)c1. The Morgan fingerprint density at radius 1 is 0.949 bits per heavy atom. The van der Waals surface area contributed by atoms with Gasteiger partial charge in [0.1, 0.15) is 25.6 Å². The second-order valence-electron chi connectivity index (χ2n) is 9.03. The van der Waals surface area contributed by atoms with E-state index in [0.29, 0.717) is 53.9 Å². The molecule has 3 aromatic carbocycles. The molecule has 9 nitrogen and oxygen atoms in total. The highest BCUT2D eigenvalue weighted by Gasteiger charge is 2.46. The van der Waals surface area contributed by atoms with E-state index in [1.807, 2.05) is 30.3 Å². The summed E-state index contributed by atoms with van der Waals surface area (Å²) in [5, 5.41) is 11.4. The van der Waals surface area contributed by atoms with Crippen LogP contribution in [0.3, 0.4) is 0 Å². The van der Waals surface area contributed by atoms with Crippen molar-refractivity contribution in [3.63, 3.8) is 0 Å². The maximum Gasteiger partial charge on any atom is 0.295 e. The Kier molecular flexibility index (Phi) is 7.69. The summed E-state index contributed by atoms with van der Waals surface area (Å²) in [6, 6.07) is 19.0. The highest BCUT2D eigenvalue weighted by atomic mass is 16.6. The Labute approximate surface area is 226 Å². The maximum atomic E-state index is 13.3. The number of hydrogen-bond acceptors (Lipinski definition) is 8. The summed E-state index contributed by atoms with van der Waals surface area (Å²) in [6.45, 7) is 1.50. The van der Waals surface area contributed by atoms with Crippen molar-refractivity contribution in [1.82, 2.24) is 4.90 Å². The third-order valence-corrected chi connectivity index (χ3v) is 6.63. The van der Waals surface area contributed by atoms with Crippen molar-refractivity contribution >= 4 is 17.4 Å². The highest BCUT2D eigenvalue weighted by Crippen LogP contribution is 2.43. The summed E-state index contributed by atoms with van der Waals surface area (Å²) in [6.07, 6.45) is 0. The number of ketones is 1. The molecule has 1 unspecified atom stereocenters. The van der Waals surface area contributed by atoms with Gasteiger partial charge in [0.15, 0.2) is 23.0 Å². The number of benzene rings is 3. The highest BCUT2D eigenvalue weighted by molar-refractivity contribution is 6.46. The van der Waals surface area contributed by atoms with Crippen LogP contribution in [0.5, 0.6) is 23.0 Å². The van der Waals surface area contributed by atoms with Crippen LogP contribution in [0.4, 0.5) is 0 Å². The number of aliphatic hydroxyl groups is 1. The summed E-state index contributed by atoms with van der Waals surface area (Å²) < 4.78 is 28.0. The molecule has 39 heavy (non-hydrogen) atoms. The minimum absolute atomic E-state index is 0.0345. The van der Waals surface area contributed by atoms with E-state index < -0.39 is 17.7 Å². The van der Waals surface area contributed by atoms with E-state index in [2.05, 4.69) is 0 Å². The minimum atomic E-state index is -0.870. The van der Waals surface area contributed by atoms with Crippen molar-refractivity contribution in [3.05, 3.63) is 89.0 Å². The normalized spacial score (nSPS) is 17.8. The number of hydrogen-bond donors (Lipinski definition) is 1. The lowest BCUT2D eigenvalue weighted by atomic mass is 9.94. The molecule has 202 valence electrons. The van der Waals surface area contributed by atoms with Crippen LogP contribution < -0.4 is 18.9 Å². The summed E-state index contributed by atoms with van der Waals surface area (Å²) in [4.78, 5) is 27.8. The minimum Gasteiger partial charge on any atom is -0.507 e. The number of Topliss-reactive ketones (excluding diaryl/α,β-unsaturated/α-hetero) is 1. The van der Waals surface area contributed by atoms with Gasteiger partial charge in [-0.3, -0.25) is 9.59 Å². The zero-order chi connectivity index (χ0) is 27.4. The third kappa shape index (κ3) is 5.26. The van der Waals surface area contributed by atoms with E-state index in [1.165, 1.54) is 19.1 Å². The topological polar surface area (TPSA) is 104 Å². The molecule has 1 fully saturated rings. The molecule has 1 atom stereocenters. The van der Waals surface area contributed by atoms with Gasteiger partial charge in [-0.2, -0.15) is 0 Å². The molecule has 0 spiro atoms. The van der Waals surface area contributed by atoms with Crippen LogP contribution in [0.1, 0.15) is 22.7 Å². The number of aliphatic hydroxyl groups excluding tert-OH is 1. The molecule has 2 aliphatic heterocycles. The van der Waals surface area contributed by atoms with Crippen LogP contribution in [0, 0.1) is 0 Å². The average molecular weight is 532 g/mol. The van der Waals surface area contributed by atoms with Gasteiger partial charge in [-0.15, -0.1) is 0 Å². The van der Waals surface area contributed by atoms with Gasteiger partial charge in [-0.1, -0.05) is 36.4 Å². The molecule has 9 heteroatoms. The first-order valence-corrected chi connectivity index (χ1v) is 12.5. The quantitative estimate of drug-likeness (QED) is 0.250. The Morgan fingerprint density at radius 2 is 1.72 bits per heavy atom. The van der Waals surface area contributed by atoms with E-state index >= 15 is 0 Å². The van der Waals surface area contributed by atoms with E-state index in [0.717, 1.165) is 5.56 Å². The predicted octanol–water partition coefficient (Wildman–Crippen LogP) is 4.11. The maximum absolute atomic E-state index is 13.3. The average Bonchev–Trinajstić information content (AvgIpc) is 3.23. The second kappa shape index (κ2) is 11.5. The molecular weight excluding hydrogens is 502 g/mol. The second-order valence-corrected chi connectivity index (χ2v) is 9.03. The summed E-state index contributed by atoms with van der Waals surface area (Å²) in [5.74, 6) is 0.124. The van der Waals surface area contributed by atoms with Crippen molar-refractivity contribution in [2.24, 2.45) is 0 Å². The van der Waals surface area contributed by atoms with Crippen molar-refractivity contribution in [2.45, 2.75) is 12.6 Å². The van der Waals surface area contributed by atoms with Gasteiger partial charge in [0.05, 0.1) is 25.3 Å². The number of rotatable bonds is 9. The number of likely N-dealkylation sites (tertiary alicyclic amines) is 1. The van der Waals surface area contributed by atoms with E-state index in [1.54, 1.807) is 36.4 Å². The number of methoxy groups -OCH3 is 2. The molecule has 2 aliphatic rings. The van der Waals surface area contributed by atoms with Crippen molar-refractivity contribution < 1.29 is 38.4 Å². The molecule has 0 aromatic heterocycles. The van der Waals surface area contributed by atoms with Crippen molar-refractivity contribution in [2.75, 3.05) is 40.6 Å². The lowest BCUT2D eigenvalue weighted by molar-refractivity contribution is -0.140. The molecule has 0 aliphatic carbocycles. The van der Waals surface area contributed by atoms with Crippen LogP contribution in [-0.4, -0.2) is 62.3 Å². The molecule has 5 rings (SSSR count). The number of carbonyl (C=O) groups excluding carboxylic acids is 2. The number of nitrogens with zero attached hydrogens (tertiary/aromatic N) is 1. The first-order valence-electron chi connectivity index (χ1n) is 12.5. The molecule has 1 amide bonds. The Hall–Kier alpha value is -4.50. The molecular formula is C30H29NO8. The molecule has 3 aromatic rings. The van der Waals surface area contributed by atoms with Gasteiger partial charge in [0.2, 0.25) is 0 Å². The molecule has 1 N–H and O–H groups in total. The van der Waals surface area contributed by atoms with E-state index in [9.17, 15) is 14.7 Å². The fourth-order valence-corrected chi connectivity index (χ4v) is 4.70. The van der Waals surface area contributed by atoms with Crippen LogP contribution in [-0.2, 0) is 20.9 Å². The lowest BCUT2D eigenvalue weighted by Crippen LogP contribution is -2.32. The fourth-order valence-electron chi connectivity index (χ4n) is 4.70. The molecule has 0 saturated carbocycles. The van der Waals surface area contributed by atoms with Gasteiger partial charge in [-0.05, 0) is 41.5 Å². The Morgan fingerprint density at radius 3 is 2.46 bits per heavy atom. The van der Waals surface area contributed by atoms with Crippen LogP contribution in [0.25, 0.3) is 5.76 Å². The number of fused-ring (bicyclic) bond motifs is 1. The molecule has 1 saturated heterocycles. The zero-order valence-electron chi connectivity index (χ0n) is 21.7. The fraction of sp³-hybridized carbons (Fsp3) is 0.267. The Bertz CT molecular complexity index is 1400. The standard InChI is InChI=1S/C30H29NO8/c1-35-13-12-31-27(20-8-10-22(24(16-20)36-2)39-18-19-6-4-3-5-7-19)26(29(33)30(31)34)28(32)21-9-11-23-25(17-21)38-15-14-37-23/h3-11,16-17,27,32H,12-15,18H2,1-2H3.